The molecule has 0 saturated heterocycles. The van der Waals surface area contributed by atoms with Gasteiger partial charge in [0, 0.05) is 18.7 Å². The molecule has 2 atom stereocenters. The van der Waals surface area contributed by atoms with E-state index in [0.29, 0.717) is 41.3 Å². The normalized spacial score (nSPS) is 21.7. The molecule has 2 unspecified atom stereocenters. The first-order valence-corrected chi connectivity index (χ1v) is 9.14. The first-order valence-electron chi connectivity index (χ1n) is 7.66. The lowest BCUT2D eigenvalue weighted by molar-refractivity contribution is 0.492. The first-order chi connectivity index (χ1) is 9.86. The van der Waals surface area contributed by atoms with Crippen molar-refractivity contribution in [2.75, 3.05) is 13.1 Å². The number of furan rings is 1. The zero-order chi connectivity index (χ0) is 15.6. The summed E-state index contributed by atoms with van der Waals surface area (Å²) in [6, 6.07) is 0. The Morgan fingerprint density at radius 3 is 2.52 bits per heavy atom. The van der Waals surface area contributed by atoms with Crippen molar-refractivity contribution < 1.29 is 12.8 Å². The zero-order valence-corrected chi connectivity index (χ0v) is 14.1. The molecule has 0 aromatic carbocycles. The smallest absolute Gasteiger partial charge is 0.244 e. The summed E-state index contributed by atoms with van der Waals surface area (Å²) in [5.41, 5.74) is 0.747. The molecule has 1 fully saturated rings. The van der Waals surface area contributed by atoms with Crippen LogP contribution in [0.25, 0.3) is 0 Å². The summed E-state index contributed by atoms with van der Waals surface area (Å²) in [5, 5.41) is 3.25. The lowest BCUT2D eigenvalue weighted by atomic mass is 10.2. The van der Waals surface area contributed by atoms with Gasteiger partial charge in [0.15, 0.2) is 0 Å². The van der Waals surface area contributed by atoms with Crippen LogP contribution >= 0.6 is 0 Å². The lowest BCUT2D eigenvalue weighted by Crippen LogP contribution is -2.28. The van der Waals surface area contributed by atoms with Gasteiger partial charge < -0.3 is 9.73 Å². The van der Waals surface area contributed by atoms with E-state index in [2.05, 4.69) is 23.9 Å². The van der Waals surface area contributed by atoms with Gasteiger partial charge in [-0.1, -0.05) is 13.8 Å². The highest BCUT2D eigenvalue weighted by atomic mass is 32.2. The Bertz CT molecular complexity index is 592. The Balaban J connectivity index is 2.16. The minimum Gasteiger partial charge on any atom is -0.465 e. The highest BCUT2D eigenvalue weighted by molar-refractivity contribution is 7.89. The molecular formula is C15H26N2O3S. The van der Waals surface area contributed by atoms with E-state index in [0.717, 1.165) is 24.9 Å². The van der Waals surface area contributed by atoms with E-state index in [1.54, 1.807) is 6.92 Å². The van der Waals surface area contributed by atoms with Gasteiger partial charge in [-0.25, -0.2) is 13.1 Å². The van der Waals surface area contributed by atoms with Gasteiger partial charge in [0.1, 0.15) is 16.4 Å². The van der Waals surface area contributed by atoms with Crippen molar-refractivity contribution >= 4 is 10.0 Å². The molecule has 0 amide bonds. The predicted molar refractivity (Wildman–Crippen MR) is 82.6 cm³/mol. The van der Waals surface area contributed by atoms with E-state index in [4.69, 9.17) is 4.42 Å². The molecule has 1 aromatic heterocycles. The molecule has 0 aliphatic heterocycles. The Morgan fingerprint density at radius 1 is 1.29 bits per heavy atom. The standard InChI is InChI=1S/C15H26N2O3S/c1-5-6-16-9-14-11(3)20-12(4)15(14)21(18,19)17-8-13-7-10(13)2/h10,13,16-17H,5-9H2,1-4H3. The SMILES string of the molecule is CCCNCc1c(C)oc(C)c1S(=O)(=O)NCC1CC1C. The fourth-order valence-electron chi connectivity index (χ4n) is 2.63. The fourth-order valence-corrected chi connectivity index (χ4v) is 4.17. The third-order valence-corrected chi connectivity index (χ3v) is 5.75. The zero-order valence-electron chi connectivity index (χ0n) is 13.3. The molecule has 0 spiro atoms. The van der Waals surface area contributed by atoms with Crippen molar-refractivity contribution in [1.29, 1.82) is 0 Å². The van der Waals surface area contributed by atoms with Gasteiger partial charge >= 0.3 is 0 Å². The van der Waals surface area contributed by atoms with Crippen LogP contribution in [0.4, 0.5) is 0 Å². The maximum atomic E-state index is 12.6. The summed E-state index contributed by atoms with van der Waals surface area (Å²) >= 11 is 0. The van der Waals surface area contributed by atoms with E-state index in [1.165, 1.54) is 0 Å². The predicted octanol–water partition coefficient (Wildman–Crippen LogP) is 2.33. The van der Waals surface area contributed by atoms with Crippen molar-refractivity contribution in [3.63, 3.8) is 0 Å². The molecule has 0 radical (unpaired) electrons. The van der Waals surface area contributed by atoms with Crippen molar-refractivity contribution in [2.45, 2.75) is 52.0 Å². The third kappa shape index (κ3) is 3.87. The largest absolute Gasteiger partial charge is 0.465 e. The third-order valence-electron chi connectivity index (χ3n) is 4.13. The van der Waals surface area contributed by atoms with Gasteiger partial charge in [-0.3, -0.25) is 0 Å². The molecule has 0 bridgehead atoms. The minimum atomic E-state index is -3.50. The van der Waals surface area contributed by atoms with Crippen molar-refractivity contribution in [2.24, 2.45) is 11.8 Å². The van der Waals surface area contributed by atoms with Gasteiger partial charge in [0.25, 0.3) is 0 Å². The first kappa shape index (κ1) is 16.5. The molecular weight excluding hydrogens is 288 g/mol. The summed E-state index contributed by atoms with van der Waals surface area (Å²) in [6.45, 7) is 9.66. The van der Waals surface area contributed by atoms with E-state index < -0.39 is 10.0 Å². The van der Waals surface area contributed by atoms with E-state index in [1.807, 2.05) is 6.92 Å². The summed E-state index contributed by atoms with van der Waals surface area (Å²) in [7, 11) is -3.50. The topological polar surface area (TPSA) is 71.3 Å². The second-order valence-electron chi connectivity index (χ2n) is 6.02. The van der Waals surface area contributed by atoms with Crippen LogP contribution in [0.3, 0.4) is 0 Å². The summed E-state index contributed by atoms with van der Waals surface area (Å²) in [4.78, 5) is 0.317. The minimum absolute atomic E-state index is 0.317. The summed E-state index contributed by atoms with van der Waals surface area (Å²) in [5.74, 6) is 2.26. The summed E-state index contributed by atoms with van der Waals surface area (Å²) in [6.07, 6.45) is 2.12. The van der Waals surface area contributed by atoms with Crippen molar-refractivity contribution in [1.82, 2.24) is 10.0 Å². The highest BCUT2D eigenvalue weighted by Gasteiger charge is 2.34. The number of nitrogens with one attached hydrogen (secondary N) is 2. The van der Waals surface area contributed by atoms with Crippen molar-refractivity contribution in [3.05, 3.63) is 17.1 Å². The molecule has 1 aliphatic rings. The molecule has 21 heavy (non-hydrogen) atoms. The number of rotatable bonds is 8. The Morgan fingerprint density at radius 2 is 1.95 bits per heavy atom. The maximum Gasteiger partial charge on any atom is 0.244 e. The van der Waals surface area contributed by atoms with Gasteiger partial charge in [-0.2, -0.15) is 0 Å². The quantitative estimate of drug-likeness (QED) is 0.723. The Labute approximate surface area is 127 Å². The van der Waals surface area contributed by atoms with Crippen LogP contribution in [0.5, 0.6) is 0 Å². The van der Waals surface area contributed by atoms with Gasteiger partial charge in [-0.15, -0.1) is 0 Å². The van der Waals surface area contributed by atoms with Crippen LogP contribution in [0.1, 0.15) is 43.8 Å². The average Bonchev–Trinajstić information content (AvgIpc) is 3.02. The van der Waals surface area contributed by atoms with Crippen molar-refractivity contribution in [3.8, 4) is 0 Å². The summed E-state index contributed by atoms with van der Waals surface area (Å²) < 4.78 is 33.4. The molecule has 1 saturated carbocycles. The van der Waals surface area contributed by atoms with E-state index in [9.17, 15) is 8.42 Å². The van der Waals surface area contributed by atoms with Crippen LogP contribution < -0.4 is 10.0 Å². The molecule has 5 nitrogen and oxygen atoms in total. The average molecular weight is 314 g/mol. The molecule has 1 aliphatic carbocycles. The molecule has 1 heterocycles. The number of sulfonamides is 1. The van der Waals surface area contributed by atoms with Crippen LogP contribution in [-0.4, -0.2) is 21.5 Å². The van der Waals surface area contributed by atoms with Gasteiger partial charge in [0.2, 0.25) is 10.0 Å². The number of hydrogen-bond acceptors (Lipinski definition) is 4. The van der Waals surface area contributed by atoms with E-state index in [-0.39, 0.29) is 0 Å². The second-order valence-corrected chi connectivity index (χ2v) is 7.73. The van der Waals surface area contributed by atoms with Gasteiger partial charge in [0.05, 0.1) is 0 Å². The molecule has 6 heteroatoms. The highest BCUT2D eigenvalue weighted by Crippen LogP contribution is 2.37. The Kier molecular flexibility index (Phi) is 5.11. The second kappa shape index (κ2) is 6.50. The fraction of sp³-hybridized carbons (Fsp3) is 0.733. The lowest BCUT2D eigenvalue weighted by Gasteiger charge is -2.09. The molecule has 2 rings (SSSR count). The Hall–Kier alpha value is -0.850. The van der Waals surface area contributed by atoms with Crippen LogP contribution in [-0.2, 0) is 16.6 Å². The van der Waals surface area contributed by atoms with Gasteiger partial charge in [-0.05, 0) is 45.1 Å². The molecule has 1 aromatic rings. The number of hydrogen-bond donors (Lipinski definition) is 2. The maximum absolute atomic E-state index is 12.6. The molecule has 2 N–H and O–H groups in total. The van der Waals surface area contributed by atoms with Crippen LogP contribution in [0.15, 0.2) is 9.31 Å². The van der Waals surface area contributed by atoms with E-state index >= 15 is 0 Å². The van der Waals surface area contributed by atoms with Crippen LogP contribution in [0.2, 0.25) is 0 Å². The monoisotopic (exact) mass is 314 g/mol. The molecule has 120 valence electrons. The van der Waals surface area contributed by atoms with Crippen LogP contribution in [0, 0.1) is 25.7 Å². The number of aryl methyl sites for hydroxylation is 2.